The Labute approximate surface area is 144 Å². The van der Waals surface area contributed by atoms with Gasteiger partial charge in [-0.15, -0.1) is 0 Å². The van der Waals surface area contributed by atoms with Crippen molar-refractivity contribution >= 4 is 11.8 Å². The van der Waals surface area contributed by atoms with E-state index in [4.69, 9.17) is 0 Å². The number of rotatable bonds is 5. The van der Waals surface area contributed by atoms with Crippen LogP contribution >= 0.6 is 11.8 Å². The van der Waals surface area contributed by atoms with Crippen LogP contribution in [0.4, 0.5) is 0 Å². The molecule has 0 amide bonds. The summed E-state index contributed by atoms with van der Waals surface area (Å²) in [5.41, 5.74) is 3.58. The van der Waals surface area contributed by atoms with Crippen LogP contribution in [0.2, 0.25) is 0 Å². The topological polar surface area (TPSA) is 23.5 Å². The lowest BCUT2D eigenvalue weighted by Crippen LogP contribution is -3.34. The average molecular weight is 414 g/mol. The van der Waals surface area contributed by atoms with Gasteiger partial charge in [-0.2, -0.15) is 0 Å². The molecule has 0 spiro atoms. The van der Waals surface area contributed by atoms with Crippen molar-refractivity contribution in [1.29, 1.82) is 0 Å². The first kappa shape index (κ1) is 16.8. The molecule has 0 aliphatic heterocycles. The minimum atomic E-state index is 0.0838. The van der Waals surface area contributed by atoms with Gasteiger partial charge in [0.05, 0.1) is 6.61 Å². The van der Waals surface area contributed by atoms with Gasteiger partial charge in [-0.3, -0.25) is 0 Å². The number of hydrogen-bond acceptors (Lipinski definition) is 3. The quantitative estimate of drug-likeness (QED) is 0.706. The van der Waals surface area contributed by atoms with E-state index in [1.54, 1.807) is 11.8 Å². The van der Waals surface area contributed by atoms with Crippen LogP contribution in [0, 0.1) is 10.5 Å². The summed E-state index contributed by atoms with van der Waals surface area (Å²) in [6.45, 7) is 3.12. The first-order valence-electron chi connectivity index (χ1n) is 6.82. The number of aliphatic hydroxyl groups is 1. The van der Waals surface area contributed by atoms with Crippen LogP contribution in [0.1, 0.15) is 16.7 Å². The molecule has 21 heavy (non-hydrogen) atoms. The van der Waals surface area contributed by atoms with Crippen LogP contribution in [0.15, 0.2) is 46.2 Å². The van der Waals surface area contributed by atoms with E-state index < -0.39 is 0 Å². The van der Waals surface area contributed by atoms with Gasteiger partial charge >= 0.3 is 0 Å². The third-order valence-electron chi connectivity index (χ3n) is 3.13. The molecule has 0 aromatic heterocycles. The fraction of sp³-hybridized carbons (Fsp3) is 0.294. The van der Waals surface area contributed by atoms with Crippen molar-refractivity contribution < 1.29 is 27.7 Å². The molecule has 0 saturated carbocycles. The average Bonchev–Trinajstić information content (AvgIpc) is 2.43. The minimum absolute atomic E-state index is 0.0838. The monoisotopic (exact) mass is 414 g/mol. The number of nitrogens with zero attached hydrogens (tertiary/aromatic N) is 1. The van der Waals surface area contributed by atoms with E-state index in [1.807, 2.05) is 22.6 Å². The van der Waals surface area contributed by atoms with Crippen LogP contribution in [-0.4, -0.2) is 24.1 Å². The van der Waals surface area contributed by atoms with Crippen molar-refractivity contribution in [3.05, 3.63) is 56.7 Å². The van der Waals surface area contributed by atoms with Crippen molar-refractivity contribution in [1.82, 2.24) is 4.90 Å². The largest absolute Gasteiger partial charge is 0.392 e. The Kier molecular flexibility index (Phi) is 6.10. The molecule has 0 fully saturated rings. The number of aryl methyl sites for hydroxylation is 1. The molecular formula is C17H21INOS+. The Bertz CT molecular complexity index is 628. The van der Waals surface area contributed by atoms with E-state index in [9.17, 15) is 5.11 Å². The maximum Gasteiger partial charge on any atom is 0.296 e. The molecule has 2 nitrogen and oxygen atoms in total. The molecule has 0 bridgehead atoms. The highest BCUT2D eigenvalue weighted by Crippen LogP contribution is 2.34. The predicted molar refractivity (Wildman–Crippen MR) is 85.1 cm³/mol. The van der Waals surface area contributed by atoms with Crippen LogP contribution in [-0.2, 0) is 13.2 Å². The first-order valence-corrected chi connectivity index (χ1v) is 8.80. The van der Waals surface area contributed by atoms with E-state index in [-0.39, 0.29) is 6.61 Å². The van der Waals surface area contributed by atoms with Gasteiger partial charge in [0.15, 0.2) is 3.57 Å². The number of hydrogen-bond donors (Lipinski definition) is 1. The van der Waals surface area contributed by atoms with Crippen molar-refractivity contribution in [2.24, 2.45) is 0 Å². The van der Waals surface area contributed by atoms with E-state index in [0.717, 1.165) is 17.0 Å². The smallest absolute Gasteiger partial charge is 0.296 e. The molecule has 0 heterocycles. The summed E-state index contributed by atoms with van der Waals surface area (Å²) >= 11 is 3.72. The summed E-state index contributed by atoms with van der Waals surface area (Å²) in [6, 6.07) is 12.9. The fourth-order valence-electron chi connectivity index (χ4n) is 2.13. The number of aliphatic hydroxyl groups excluding tert-OH is 1. The van der Waals surface area contributed by atoms with E-state index in [0.29, 0.717) is 0 Å². The molecule has 1 N–H and O–H groups in total. The first-order chi connectivity index (χ1) is 9.99. The number of halogens is 1. The molecule has 4 heteroatoms. The van der Waals surface area contributed by atoms with Gasteiger partial charge in [-0.1, -0.05) is 23.9 Å². The van der Waals surface area contributed by atoms with Crippen LogP contribution < -0.4 is 22.6 Å². The molecule has 112 valence electrons. The maximum atomic E-state index is 9.57. The maximum absolute atomic E-state index is 9.57. The van der Waals surface area contributed by atoms with Crippen molar-refractivity contribution in [3.8, 4) is 0 Å². The van der Waals surface area contributed by atoms with Gasteiger partial charge in [0.25, 0.3) is 22.6 Å². The summed E-state index contributed by atoms with van der Waals surface area (Å²) in [7, 11) is 4.17. The van der Waals surface area contributed by atoms with Crippen LogP contribution in [0.5, 0.6) is 0 Å². The Morgan fingerprint density at radius 3 is 2.48 bits per heavy atom. The molecule has 0 atom stereocenters. The van der Waals surface area contributed by atoms with Crippen molar-refractivity contribution in [2.45, 2.75) is 29.9 Å². The molecule has 0 unspecified atom stereocenters. The second kappa shape index (κ2) is 7.63. The lowest BCUT2D eigenvalue weighted by molar-refractivity contribution is -0.328. The summed E-state index contributed by atoms with van der Waals surface area (Å²) in [5, 5.41) is 9.57. The third kappa shape index (κ3) is 4.71. The second-order valence-electron chi connectivity index (χ2n) is 5.38. The second-order valence-corrected chi connectivity index (χ2v) is 7.81. The van der Waals surface area contributed by atoms with Crippen LogP contribution in [0.25, 0.3) is 0 Å². The molecule has 0 aliphatic rings. The highest BCUT2D eigenvalue weighted by Gasteiger charge is 2.11. The Balaban J connectivity index is 2.36. The minimum Gasteiger partial charge on any atom is -0.392 e. The zero-order chi connectivity index (χ0) is 15.4. The zero-order valence-corrected chi connectivity index (χ0v) is 15.7. The summed E-state index contributed by atoms with van der Waals surface area (Å²) in [5.74, 6) is 0. The molecule has 2 aromatic carbocycles. The zero-order valence-electron chi connectivity index (χ0n) is 12.6. The summed E-state index contributed by atoms with van der Waals surface area (Å²) in [6.07, 6.45) is 0. The number of benzene rings is 2. The summed E-state index contributed by atoms with van der Waals surface area (Å²) < 4.78 is 1.19. The fourth-order valence-corrected chi connectivity index (χ4v) is 3.86. The lowest BCUT2D eigenvalue weighted by atomic mass is 10.1. The molecule has 0 aliphatic carbocycles. The van der Waals surface area contributed by atoms with Crippen molar-refractivity contribution in [2.75, 3.05) is 14.1 Å². The van der Waals surface area contributed by atoms with Gasteiger partial charge in [0.1, 0.15) is 0 Å². The van der Waals surface area contributed by atoms with E-state index >= 15 is 0 Å². The lowest BCUT2D eigenvalue weighted by Gasteiger charge is -2.15. The third-order valence-corrected chi connectivity index (χ3v) is 5.07. The highest BCUT2D eigenvalue weighted by molar-refractivity contribution is 7.99. The van der Waals surface area contributed by atoms with E-state index in [1.165, 1.54) is 19.6 Å². The summed E-state index contributed by atoms with van der Waals surface area (Å²) in [4.78, 5) is 4.58. The van der Waals surface area contributed by atoms with Crippen molar-refractivity contribution in [3.63, 3.8) is 0 Å². The van der Waals surface area contributed by atoms with Gasteiger partial charge in [-0.25, -0.2) is 0 Å². The standard InChI is InChI=1S/C17H21INOS/c1-12-4-5-13(10-19(2)3)17(8-12)21-16-7-6-15(18)9-14(16)11-20/h4-9,18,20H,10-11H2,1-3H3/q+1. The normalized spacial score (nSPS) is 11.1. The molecule has 2 rings (SSSR count). The highest BCUT2D eigenvalue weighted by atomic mass is 127. The van der Waals surface area contributed by atoms with E-state index in [2.05, 4.69) is 62.3 Å². The molecular weight excluding hydrogens is 393 g/mol. The Morgan fingerprint density at radius 2 is 1.81 bits per heavy atom. The Hall–Kier alpha value is -0.560. The van der Waals surface area contributed by atoms with Gasteiger partial charge in [0, 0.05) is 16.3 Å². The van der Waals surface area contributed by atoms with Crippen LogP contribution in [0.3, 0.4) is 0 Å². The molecule has 2 aromatic rings. The van der Waals surface area contributed by atoms with Gasteiger partial charge in [0.2, 0.25) is 0 Å². The Morgan fingerprint density at radius 1 is 1.05 bits per heavy atom. The van der Waals surface area contributed by atoms with Gasteiger partial charge < -0.3 is 10.0 Å². The SMILES string of the molecule is Cc1ccc(CN(C)C)c(Sc2ccc([IH+])cc2CO)c1. The molecule has 0 saturated heterocycles. The van der Waals surface area contributed by atoms with Gasteiger partial charge in [-0.05, 0) is 62.0 Å². The molecule has 0 radical (unpaired) electrons. The predicted octanol–water partition coefficient (Wildman–Crippen LogP) is 0.155.